The Morgan fingerprint density at radius 3 is 2.50 bits per heavy atom. The van der Waals surface area contributed by atoms with Gasteiger partial charge in [-0.1, -0.05) is 43.6 Å². The van der Waals surface area contributed by atoms with Crippen LogP contribution in [-0.4, -0.2) is 40.1 Å². The lowest BCUT2D eigenvalue weighted by Crippen LogP contribution is -2.50. The molecule has 4 rings (SSSR count). The first kappa shape index (κ1) is 17.3. The quantitative estimate of drug-likeness (QED) is 0.808. The third-order valence-electron chi connectivity index (χ3n) is 5.31. The topological polar surface area (TPSA) is 49.3 Å². The molecule has 2 unspecified atom stereocenters. The van der Waals surface area contributed by atoms with Gasteiger partial charge < -0.3 is 9.80 Å². The average molecular weight is 371 g/mol. The van der Waals surface area contributed by atoms with Gasteiger partial charge in [0.25, 0.3) is 0 Å². The number of nitrogens with zero attached hydrogens (tertiary/aromatic N) is 4. The first-order valence-electron chi connectivity index (χ1n) is 9.18. The number of likely N-dealkylation sites (tertiary alicyclic amines) is 1. The van der Waals surface area contributed by atoms with Crippen LogP contribution in [0, 0.1) is 11.8 Å². The normalized spacial score (nSPS) is 25.3. The van der Waals surface area contributed by atoms with Gasteiger partial charge in [-0.15, -0.1) is 10.2 Å². The van der Waals surface area contributed by atoms with E-state index in [9.17, 15) is 4.79 Å². The van der Waals surface area contributed by atoms with Crippen LogP contribution in [0.3, 0.4) is 0 Å². The van der Waals surface area contributed by atoms with Crippen molar-refractivity contribution < 1.29 is 4.79 Å². The van der Waals surface area contributed by atoms with Gasteiger partial charge in [-0.05, 0) is 42.0 Å². The minimum Gasteiger partial charge on any atom is -0.340 e. The van der Waals surface area contributed by atoms with Gasteiger partial charge in [-0.2, -0.15) is 0 Å². The lowest BCUT2D eigenvalue weighted by Gasteiger charge is -2.38. The third-order valence-corrected chi connectivity index (χ3v) is 5.51. The van der Waals surface area contributed by atoms with Crippen molar-refractivity contribution >= 4 is 29.0 Å². The van der Waals surface area contributed by atoms with E-state index < -0.39 is 0 Å². The first-order chi connectivity index (χ1) is 12.5. The number of piperidine rings is 1. The molecule has 2 aliphatic heterocycles. The molecule has 5 nitrogen and oxygen atoms in total. The van der Waals surface area contributed by atoms with E-state index in [2.05, 4.69) is 30.1 Å². The molecule has 2 aliphatic rings. The first-order valence-corrected chi connectivity index (χ1v) is 9.56. The molecule has 0 bridgehead atoms. The number of carbonyl (C=O) groups excluding carboxylic acids is 1. The Balaban J connectivity index is 1.68. The summed E-state index contributed by atoms with van der Waals surface area (Å²) in [6, 6.07) is 11.4. The summed E-state index contributed by atoms with van der Waals surface area (Å²) in [7, 11) is 0. The van der Waals surface area contributed by atoms with Gasteiger partial charge in [0.2, 0.25) is 5.91 Å². The number of rotatable bonds is 2. The van der Waals surface area contributed by atoms with E-state index in [4.69, 9.17) is 11.6 Å². The number of halogens is 1. The van der Waals surface area contributed by atoms with Gasteiger partial charge >= 0.3 is 0 Å². The zero-order chi connectivity index (χ0) is 18.3. The number of hydrogen-bond donors (Lipinski definition) is 0. The highest BCUT2D eigenvalue weighted by Gasteiger charge is 2.39. The van der Waals surface area contributed by atoms with Crippen molar-refractivity contribution in [2.24, 2.45) is 11.8 Å². The predicted molar refractivity (Wildman–Crippen MR) is 103 cm³/mol. The number of aromatic nitrogens is 2. The molecular formula is C20H23ClN4O. The molecule has 1 amide bonds. The summed E-state index contributed by atoms with van der Waals surface area (Å²) in [5.74, 6) is 1.91. The summed E-state index contributed by atoms with van der Waals surface area (Å²) in [5.41, 5.74) is 2.20. The van der Waals surface area contributed by atoms with E-state index in [0.717, 1.165) is 18.8 Å². The molecule has 0 N–H and O–H groups in total. The molecule has 1 aromatic heterocycles. The van der Waals surface area contributed by atoms with Gasteiger partial charge in [0.15, 0.2) is 11.0 Å². The Morgan fingerprint density at radius 1 is 1.08 bits per heavy atom. The number of benzene rings is 1. The highest BCUT2D eigenvalue weighted by Crippen LogP contribution is 2.38. The summed E-state index contributed by atoms with van der Waals surface area (Å²) in [6.45, 7) is 6.11. The molecule has 1 fully saturated rings. The van der Waals surface area contributed by atoms with Crippen molar-refractivity contribution in [2.45, 2.75) is 32.7 Å². The van der Waals surface area contributed by atoms with Crippen LogP contribution in [0.1, 0.15) is 25.8 Å². The lowest BCUT2D eigenvalue weighted by molar-refractivity contribution is -0.135. The lowest BCUT2D eigenvalue weighted by atomic mass is 9.91. The molecule has 3 atom stereocenters. The van der Waals surface area contributed by atoms with Gasteiger partial charge in [0.1, 0.15) is 6.04 Å². The smallest absolute Gasteiger partial charge is 0.246 e. The molecule has 2 aromatic rings. The Kier molecular flexibility index (Phi) is 4.57. The Bertz CT molecular complexity index is 800. The molecule has 1 aromatic carbocycles. The van der Waals surface area contributed by atoms with Crippen molar-refractivity contribution in [1.82, 2.24) is 15.1 Å². The van der Waals surface area contributed by atoms with Crippen LogP contribution >= 0.6 is 11.6 Å². The Morgan fingerprint density at radius 2 is 1.81 bits per heavy atom. The molecule has 1 saturated heterocycles. The summed E-state index contributed by atoms with van der Waals surface area (Å²) in [5, 5.41) is 8.57. The fourth-order valence-corrected chi connectivity index (χ4v) is 4.46. The molecule has 26 heavy (non-hydrogen) atoms. The number of anilines is 2. The summed E-state index contributed by atoms with van der Waals surface area (Å²) in [4.78, 5) is 17.5. The van der Waals surface area contributed by atoms with Gasteiger partial charge in [-0.25, -0.2) is 0 Å². The Labute approximate surface area is 159 Å². The molecule has 0 aliphatic carbocycles. The second kappa shape index (κ2) is 6.88. The maximum Gasteiger partial charge on any atom is 0.246 e. The highest BCUT2D eigenvalue weighted by atomic mass is 35.5. The van der Waals surface area contributed by atoms with Crippen molar-refractivity contribution in [1.29, 1.82) is 0 Å². The van der Waals surface area contributed by atoms with Crippen molar-refractivity contribution in [2.75, 3.05) is 18.0 Å². The van der Waals surface area contributed by atoms with E-state index in [1.807, 2.05) is 34.1 Å². The third kappa shape index (κ3) is 3.16. The molecule has 6 heteroatoms. The zero-order valence-electron chi connectivity index (χ0n) is 15.1. The number of amides is 1. The number of fused-ring (bicyclic) bond motifs is 1. The maximum absolute atomic E-state index is 13.4. The van der Waals surface area contributed by atoms with Gasteiger partial charge in [-0.3, -0.25) is 4.79 Å². The second-order valence-corrected chi connectivity index (χ2v) is 8.01. The van der Waals surface area contributed by atoms with Crippen molar-refractivity contribution in [3.8, 4) is 0 Å². The van der Waals surface area contributed by atoms with Crippen molar-refractivity contribution in [3.63, 3.8) is 0 Å². The second-order valence-electron chi connectivity index (χ2n) is 7.62. The molecule has 0 saturated carbocycles. The Hall–Kier alpha value is -2.14. The van der Waals surface area contributed by atoms with Crippen LogP contribution in [0.5, 0.6) is 0 Å². The maximum atomic E-state index is 13.4. The number of para-hydroxylation sites is 1. The van der Waals surface area contributed by atoms with E-state index >= 15 is 0 Å². The molecule has 0 spiro atoms. The average Bonchev–Trinajstić information content (AvgIpc) is 3.00. The summed E-state index contributed by atoms with van der Waals surface area (Å²) >= 11 is 5.90. The van der Waals surface area contributed by atoms with E-state index in [1.54, 1.807) is 6.07 Å². The largest absolute Gasteiger partial charge is 0.340 e. The SMILES string of the molecule is CC1CC(C)CN(C(=O)[C@@H]2Cc3ccccc3N2c2ccc(Cl)nn2)C1. The van der Waals surface area contributed by atoms with Crippen molar-refractivity contribution in [3.05, 3.63) is 47.1 Å². The van der Waals surface area contributed by atoms with E-state index in [-0.39, 0.29) is 11.9 Å². The fourth-order valence-electron chi connectivity index (χ4n) is 4.36. The fraction of sp³-hybridized carbons (Fsp3) is 0.450. The van der Waals surface area contributed by atoms with Crippen LogP contribution in [0.25, 0.3) is 0 Å². The molecule has 0 radical (unpaired) electrons. The molecular weight excluding hydrogens is 348 g/mol. The minimum absolute atomic E-state index is 0.177. The number of carbonyl (C=O) groups is 1. The van der Waals surface area contributed by atoms with Crippen LogP contribution < -0.4 is 4.90 Å². The summed E-state index contributed by atoms with van der Waals surface area (Å²) in [6.07, 6.45) is 1.87. The van der Waals surface area contributed by atoms with E-state index in [0.29, 0.717) is 29.2 Å². The minimum atomic E-state index is -0.277. The highest BCUT2D eigenvalue weighted by molar-refractivity contribution is 6.29. The zero-order valence-corrected chi connectivity index (χ0v) is 15.9. The standard InChI is InChI=1S/C20H23ClN4O/c1-13-9-14(2)12-24(11-13)20(26)17-10-15-5-3-4-6-16(15)25(17)19-8-7-18(21)22-23-19/h3-8,13-14,17H,9-12H2,1-2H3/t13?,14?,17-/m0/s1. The van der Waals surface area contributed by atoms with Crippen LogP contribution in [0.2, 0.25) is 5.15 Å². The van der Waals surface area contributed by atoms with Crippen LogP contribution in [-0.2, 0) is 11.2 Å². The number of hydrogen-bond acceptors (Lipinski definition) is 4. The summed E-state index contributed by atoms with van der Waals surface area (Å²) < 4.78 is 0. The van der Waals surface area contributed by atoms with Gasteiger partial charge in [0, 0.05) is 25.2 Å². The van der Waals surface area contributed by atoms with Gasteiger partial charge in [0.05, 0.1) is 0 Å². The van der Waals surface area contributed by atoms with Crippen LogP contribution in [0.15, 0.2) is 36.4 Å². The van der Waals surface area contributed by atoms with Crippen LogP contribution in [0.4, 0.5) is 11.5 Å². The van der Waals surface area contributed by atoms with E-state index in [1.165, 1.54) is 12.0 Å². The monoisotopic (exact) mass is 370 g/mol. The molecule has 3 heterocycles. The molecule has 136 valence electrons. The predicted octanol–water partition coefficient (Wildman–Crippen LogP) is 3.70.